The van der Waals surface area contributed by atoms with Crippen molar-refractivity contribution in [3.05, 3.63) is 77.7 Å². The molecule has 1 aromatic heterocycles. The summed E-state index contributed by atoms with van der Waals surface area (Å²) in [5, 5.41) is 5.08. The minimum atomic E-state index is -0.721. The summed E-state index contributed by atoms with van der Waals surface area (Å²) in [5.74, 6) is -0.398. The Morgan fingerprint density at radius 1 is 1.03 bits per heavy atom. The molecule has 0 spiro atoms. The number of nitrogens with one attached hydrogen (secondary N) is 2. The molecule has 1 saturated heterocycles. The molecular weight excluding hydrogens is 454 g/mol. The summed E-state index contributed by atoms with van der Waals surface area (Å²) >= 11 is 0. The minimum absolute atomic E-state index is 0.0259. The van der Waals surface area contributed by atoms with Crippen LogP contribution in [0.5, 0.6) is 5.75 Å². The number of carbonyl (C=O) groups excluding carboxylic acids is 4. The van der Waals surface area contributed by atoms with Gasteiger partial charge in [0.05, 0.1) is 25.5 Å². The fourth-order valence-corrected chi connectivity index (χ4v) is 3.41. The number of benzene rings is 2. The monoisotopic (exact) mass is 475 g/mol. The van der Waals surface area contributed by atoms with Gasteiger partial charge < -0.3 is 24.5 Å². The number of para-hydroxylation sites is 2. The lowest BCUT2D eigenvalue weighted by Crippen LogP contribution is -2.38. The number of urea groups is 1. The third-order valence-electron chi connectivity index (χ3n) is 5.15. The maximum Gasteiger partial charge on any atom is 0.337 e. The molecule has 4 amide bonds. The molecule has 0 saturated carbocycles. The van der Waals surface area contributed by atoms with Gasteiger partial charge in [-0.25, -0.2) is 14.5 Å². The van der Waals surface area contributed by atoms with Crippen molar-refractivity contribution in [3.8, 4) is 17.1 Å². The molecule has 1 fully saturated rings. The van der Waals surface area contributed by atoms with Crippen molar-refractivity contribution in [1.82, 2.24) is 10.2 Å². The highest BCUT2D eigenvalue weighted by molar-refractivity contribution is 6.15. The molecule has 2 aromatic carbocycles. The summed E-state index contributed by atoms with van der Waals surface area (Å²) in [6.07, 6.45) is 1.38. The van der Waals surface area contributed by atoms with E-state index >= 15 is 0 Å². The van der Waals surface area contributed by atoms with Gasteiger partial charge in [0.25, 0.3) is 5.91 Å². The molecule has 4 rings (SSSR count). The van der Waals surface area contributed by atoms with Crippen LogP contribution in [0.3, 0.4) is 0 Å². The van der Waals surface area contributed by atoms with E-state index in [1.54, 1.807) is 60.7 Å². The first kappa shape index (κ1) is 23.3. The average Bonchev–Trinajstić information content (AvgIpc) is 3.44. The SMILES string of the molecule is COC(=O)c1ccc(-c2ccc(/C=C3/NC(=O)N(CC(=O)Nc4ccccc4OC)C3=O)o2)cc1. The van der Waals surface area contributed by atoms with Gasteiger partial charge in [0.15, 0.2) is 0 Å². The van der Waals surface area contributed by atoms with E-state index < -0.39 is 30.4 Å². The number of carbonyl (C=O) groups is 4. The molecule has 10 heteroatoms. The number of nitrogens with zero attached hydrogens (tertiary/aromatic N) is 1. The second-order valence-electron chi connectivity index (χ2n) is 7.40. The van der Waals surface area contributed by atoms with Gasteiger partial charge in [-0.1, -0.05) is 24.3 Å². The second kappa shape index (κ2) is 9.96. The lowest BCUT2D eigenvalue weighted by atomic mass is 10.1. The Bertz CT molecular complexity index is 1320. The molecule has 3 aromatic rings. The first-order chi connectivity index (χ1) is 16.9. The summed E-state index contributed by atoms with van der Waals surface area (Å²) < 4.78 is 15.6. The number of hydrogen-bond donors (Lipinski definition) is 2. The van der Waals surface area contributed by atoms with E-state index in [0.29, 0.717) is 34.1 Å². The molecule has 1 aliphatic rings. The van der Waals surface area contributed by atoms with Crippen LogP contribution in [0.15, 0.2) is 70.8 Å². The third kappa shape index (κ3) is 5.06. The highest BCUT2D eigenvalue weighted by Crippen LogP contribution is 2.25. The zero-order valence-corrected chi connectivity index (χ0v) is 18.9. The first-order valence-electron chi connectivity index (χ1n) is 10.5. The summed E-state index contributed by atoms with van der Waals surface area (Å²) in [6.45, 7) is -0.476. The van der Waals surface area contributed by atoms with Crippen LogP contribution < -0.4 is 15.4 Å². The van der Waals surface area contributed by atoms with E-state index in [1.165, 1.54) is 20.3 Å². The molecule has 10 nitrogen and oxygen atoms in total. The number of rotatable bonds is 7. The number of imide groups is 1. The standard InChI is InChI=1S/C25H21N3O7/c1-33-21-6-4-3-5-18(21)26-22(29)14-28-23(30)19(27-25(28)32)13-17-11-12-20(35-17)15-7-9-16(10-8-15)24(31)34-2/h3-13H,14H2,1-2H3,(H,26,29)(H,27,32)/b19-13+. The van der Waals surface area contributed by atoms with Crippen LogP contribution in [-0.2, 0) is 14.3 Å². The van der Waals surface area contributed by atoms with Crippen molar-refractivity contribution >= 4 is 35.6 Å². The van der Waals surface area contributed by atoms with Crippen LogP contribution in [0, 0.1) is 0 Å². The highest BCUT2D eigenvalue weighted by atomic mass is 16.5. The molecular formula is C25H21N3O7. The quantitative estimate of drug-likeness (QED) is 0.305. The number of anilines is 1. The predicted molar refractivity (Wildman–Crippen MR) is 125 cm³/mol. The van der Waals surface area contributed by atoms with Gasteiger partial charge in [-0.2, -0.15) is 0 Å². The number of hydrogen-bond acceptors (Lipinski definition) is 7. The fraction of sp³-hybridized carbons (Fsp3) is 0.120. The maximum atomic E-state index is 12.7. The average molecular weight is 475 g/mol. The zero-order chi connectivity index (χ0) is 24.9. The Balaban J connectivity index is 1.44. The lowest BCUT2D eigenvalue weighted by Gasteiger charge is -2.13. The van der Waals surface area contributed by atoms with Gasteiger partial charge in [0.2, 0.25) is 5.91 Å². The zero-order valence-electron chi connectivity index (χ0n) is 18.9. The number of methoxy groups -OCH3 is 2. The molecule has 0 radical (unpaired) electrons. The lowest BCUT2D eigenvalue weighted by molar-refractivity contribution is -0.127. The Morgan fingerprint density at radius 2 is 1.77 bits per heavy atom. The summed E-state index contributed by atoms with van der Waals surface area (Å²) in [6, 6.07) is 16.0. The van der Waals surface area contributed by atoms with Crippen LogP contribution in [0.2, 0.25) is 0 Å². The van der Waals surface area contributed by atoms with Gasteiger partial charge in [0, 0.05) is 11.6 Å². The Kier molecular flexibility index (Phi) is 6.63. The van der Waals surface area contributed by atoms with E-state index in [0.717, 1.165) is 4.90 Å². The largest absolute Gasteiger partial charge is 0.495 e. The van der Waals surface area contributed by atoms with Gasteiger partial charge in [0.1, 0.15) is 29.5 Å². The van der Waals surface area contributed by atoms with Crippen molar-refractivity contribution in [2.24, 2.45) is 0 Å². The van der Waals surface area contributed by atoms with Gasteiger partial charge >= 0.3 is 12.0 Å². The second-order valence-corrected chi connectivity index (χ2v) is 7.40. The van der Waals surface area contributed by atoms with Gasteiger partial charge in [-0.05, 0) is 36.4 Å². The summed E-state index contributed by atoms with van der Waals surface area (Å²) in [4.78, 5) is 49.8. The molecule has 0 bridgehead atoms. The van der Waals surface area contributed by atoms with E-state index in [4.69, 9.17) is 9.15 Å². The molecule has 35 heavy (non-hydrogen) atoms. The molecule has 2 N–H and O–H groups in total. The molecule has 0 unspecified atom stereocenters. The summed E-state index contributed by atoms with van der Waals surface area (Å²) in [5.41, 5.74) is 1.51. The van der Waals surface area contributed by atoms with Gasteiger partial charge in [-0.3, -0.25) is 9.59 Å². The van der Waals surface area contributed by atoms with Crippen LogP contribution >= 0.6 is 0 Å². The highest BCUT2D eigenvalue weighted by Gasteiger charge is 2.35. The Morgan fingerprint density at radius 3 is 2.49 bits per heavy atom. The van der Waals surface area contributed by atoms with E-state index in [2.05, 4.69) is 15.4 Å². The third-order valence-corrected chi connectivity index (χ3v) is 5.15. The normalized spacial score (nSPS) is 14.1. The van der Waals surface area contributed by atoms with Crippen molar-refractivity contribution in [2.75, 3.05) is 26.1 Å². The molecule has 1 aliphatic heterocycles. The summed E-state index contributed by atoms with van der Waals surface area (Å²) in [7, 11) is 2.77. The smallest absolute Gasteiger partial charge is 0.337 e. The van der Waals surface area contributed by atoms with Crippen molar-refractivity contribution in [3.63, 3.8) is 0 Å². The molecule has 2 heterocycles. The maximum absolute atomic E-state index is 12.7. The fourth-order valence-electron chi connectivity index (χ4n) is 3.41. The van der Waals surface area contributed by atoms with Crippen LogP contribution in [-0.4, -0.2) is 49.5 Å². The van der Waals surface area contributed by atoms with Crippen LogP contribution in [0.25, 0.3) is 17.4 Å². The Hall–Kier alpha value is -4.86. The number of ether oxygens (including phenoxy) is 2. The Labute approximate surface area is 200 Å². The number of amides is 4. The van der Waals surface area contributed by atoms with Crippen molar-refractivity contribution in [2.45, 2.75) is 0 Å². The van der Waals surface area contributed by atoms with E-state index in [-0.39, 0.29) is 5.70 Å². The van der Waals surface area contributed by atoms with Crippen molar-refractivity contribution in [1.29, 1.82) is 0 Å². The van der Waals surface area contributed by atoms with Crippen molar-refractivity contribution < 1.29 is 33.1 Å². The first-order valence-corrected chi connectivity index (χ1v) is 10.5. The van der Waals surface area contributed by atoms with Crippen LogP contribution in [0.4, 0.5) is 10.5 Å². The molecule has 0 atom stereocenters. The predicted octanol–water partition coefficient (Wildman–Crippen LogP) is 3.27. The molecule has 0 aliphatic carbocycles. The molecule has 178 valence electrons. The van der Waals surface area contributed by atoms with Crippen LogP contribution in [0.1, 0.15) is 16.1 Å². The number of furan rings is 1. The van der Waals surface area contributed by atoms with Gasteiger partial charge in [-0.15, -0.1) is 0 Å². The van der Waals surface area contributed by atoms with E-state index in [9.17, 15) is 19.2 Å². The van der Waals surface area contributed by atoms with E-state index in [1.807, 2.05) is 0 Å². The number of esters is 1. The minimum Gasteiger partial charge on any atom is -0.495 e. The topological polar surface area (TPSA) is 127 Å².